The van der Waals surface area contributed by atoms with E-state index in [1.807, 2.05) is 41.5 Å². The van der Waals surface area contributed by atoms with Gasteiger partial charge in [-0.2, -0.15) is 4.31 Å². The smallest absolute Gasteiger partial charge is 0.219 e. The molecule has 24 heavy (non-hydrogen) atoms. The van der Waals surface area contributed by atoms with Gasteiger partial charge >= 0.3 is 0 Å². The van der Waals surface area contributed by atoms with Gasteiger partial charge in [-0.25, -0.2) is 8.42 Å². The zero-order chi connectivity index (χ0) is 19.8. The Kier molecular flexibility index (Phi) is 11.0. The largest absolute Gasteiger partial charge is 0.324 e. The number of sulfonamides is 1. The third-order valence-corrected chi connectivity index (χ3v) is 7.12. The van der Waals surface area contributed by atoms with Crippen LogP contribution in [0.25, 0.3) is 0 Å². The highest BCUT2D eigenvalue weighted by Gasteiger charge is 2.44. The van der Waals surface area contributed by atoms with Gasteiger partial charge < -0.3 is 4.48 Å². The van der Waals surface area contributed by atoms with E-state index in [1.54, 1.807) is 4.31 Å². The zero-order valence-electron chi connectivity index (χ0n) is 18.4. The Balaban J connectivity index is 0. The Morgan fingerprint density at radius 3 is 1.58 bits per heavy atom. The molecule has 0 aliphatic carbocycles. The van der Waals surface area contributed by atoms with Gasteiger partial charge in [-0.1, -0.05) is 48.5 Å². The second kappa shape index (κ2) is 10.1. The predicted molar refractivity (Wildman–Crippen MR) is 108 cm³/mol. The molecule has 0 saturated carbocycles. The molecule has 0 radical (unpaired) electrons. The first-order valence-corrected chi connectivity index (χ1v) is 11.1. The first kappa shape index (κ1) is 26.1. The van der Waals surface area contributed by atoms with Crippen LogP contribution in [-0.4, -0.2) is 61.7 Å². The molecule has 0 aromatic heterocycles. The maximum Gasteiger partial charge on any atom is 0.219 e. The first-order chi connectivity index (χ1) is 10.8. The van der Waals surface area contributed by atoms with Gasteiger partial charge in [0, 0.05) is 0 Å². The van der Waals surface area contributed by atoms with E-state index in [-0.39, 0.29) is 5.41 Å². The van der Waals surface area contributed by atoms with Crippen molar-refractivity contribution in [3.05, 3.63) is 0 Å². The quantitative estimate of drug-likeness (QED) is 0.694. The zero-order valence-corrected chi connectivity index (χ0v) is 19.2. The molecule has 148 valence electrons. The number of likely N-dealkylation sites (N-methyl/N-ethyl adjacent to an activating group) is 1. The lowest BCUT2D eigenvalue weighted by molar-refractivity contribution is -0.911. The third-order valence-electron chi connectivity index (χ3n) is 4.54. The van der Waals surface area contributed by atoms with Crippen molar-refractivity contribution in [3.63, 3.8) is 0 Å². The van der Waals surface area contributed by atoms with E-state index in [0.29, 0.717) is 19.5 Å². The standard InChI is InChI=1S/C15H33N2O2S.2C2H6/c1-8-17(7)11-9-16(10-12-17)20(18,19)15(5,6)13-14(2,3)4;2*1-2/h8-13H2,1-7H3;2*1-2H3/q+1;;. The number of hydrogen-bond donors (Lipinski definition) is 0. The highest BCUT2D eigenvalue weighted by molar-refractivity contribution is 7.90. The molecule has 0 amide bonds. The minimum Gasteiger partial charge on any atom is -0.324 e. The van der Waals surface area contributed by atoms with Crippen molar-refractivity contribution in [2.75, 3.05) is 39.8 Å². The van der Waals surface area contributed by atoms with Crippen LogP contribution in [0.1, 0.15) is 75.7 Å². The van der Waals surface area contributed by atoms with E-state index >= 15 is 0 Å². The molecule has 1 fully saturated rings. The van der Waals surface area contributed by atoms with Crippen LogP contribution in [0.3, 0.4) is 0 Å². The topological polar surface area (TPSA) is 37.4 Å². The summed E-state index contributed by atoms with van der Waals surface area (Å²) in [5.74, 6) is 0. The summed E-state index contributed by atoms with van der Waals surface area (Å²) < 4.78 is 27.8. The molecule has 1 saturated heterocycles. The molecule has 0 unspecified atom stereocenters. The lowest BCUT2D eigenvalue weighted by Gasteiger charge is -2.43. The molecule has 1 rings (SSSR count). The van der Waals surface area contributed by atoms with Gasteiger partial charge in [-0.15, -0.1) is 0 Å². The van der Waals surface area contributed by atoms with E-state index in [2.05, 4.69) is 34.7 Å². The molecule has 0 aromatic carbocycles. The van der Waals surface area contributed by atoms with Crippen molar-refractivity contribution in [2.24, 2.45) is 5.41 Å². The number of quaternary nitrogens is 1. The van der Waals surface area contributed by atoms with Gasteiger partial charge in [-0.05, 0) is 32.6 Å². The molecule has 1 heterocycles. The monoisotopic (exact) mass is 365 g/mol. The summed E-state index contributed by atoms with van der Waals surface area (Å²) in [6.45, 7) is 24.4. The minimum atomic E-state index is -3.23. The molecule has 0 aromatic rings. The van der Waals surface area contributed by atoms with Crippen LogP contribution in [-0.2, 0) is 10.0 Å². The van der Waals surface area contributed by atoms with Crippen LogP contribution in [0.4, 0.5) is 0 Å². The van der Waals surface area contributed by atoms with Gasteiger partial charge in [0.15, 0.2) is 0 Å². The second-order valence-electron chi connectivity index (χ2n) is 8.28. The lowest BCUT2D eigenvalue weighted by Crippen LogP contribution is -2.60. The van der Waals surface area contributed by atoms with Gasteiger partial charge in [0.05, 0.1) is 44.5 Å². The fraction of sp³-hybridized carbons (Fsp3) is 1.00. The molecule has 0 bridgehead atoms. The summed E-state index contributed by atoms with van der Waals surface area (Å²) in [5.41, 5.74) is 0.0142. The van der Waals surface area contributed by atoms with Crippen LogP contribution >= 0.6 is 0 Å². The summed E-state index contributed by atoms with van der Waals surface area (Å²) in [4.78, 5) is 0. The molecule has 4 nitrogen and oxygen atoms in total. The van der Waals surface area contributed by atoms with Gasteiger partial charge in [0.2, 0.25) is 10.0 Å². The second-order valence-corrected chi connectivity index (χ2v) is 10.9. The Morgan fingerprint density at radius 2 is 1.29 bits per heavy atom. The van der Waals surface area contributed by atoms with Crippen molar-refractivity contribution < 1.29 is 12.9 Å². The van der Waals surface area contributed by atoms with Crippen molar-refractivity contribution in [1.82, 2.24) is 4.31 Å². The molecule has 0 spiro atoms. The van der Waals surface area contributed by atoms with Crippen LogP contribution in [0.5, 0.6) is 0 Å². The van der Waals surface area contributed by atoms with E-state index in [0.717, 1.165) is 24.1 Å². The predicted octanol–water partition coefficient (Wildman–Crippen LogP) is 4.37. The molecule has 0 atom stereocenters. The molecule has 1 aliphatic heterocycles. The van der Waals surface area contributed by atoms with Crippen LogP contribution < -0.4 is 0 Å². The number of nitrogens with zero attached hydrogens (tertiary/aromatic N) is 2. The summed E-state index contributed by atoms with van der Waals surface area (Å²) >= 11 is 0. The summed E-state index contributed by atoms with van der Waals surface area (Å²) in [5, 5.41) is 0. The summed E-state index contributed by atoms with van der Waals surface area (Å²) in [6.07, 6.45) is 0.679. The Morgan fingerprint density at radius 1 is 0.917 bits per heavy atom. The van der Waals surface area contributed by atoms with E-state index < -0.39 is 14.8 Å². The maximum atomic E-state index is 12.9. The van der Waals surface area contributed by atoms with E-state index in [1.165, 1.54) is 0 Å². The number of hydrogen-bond acceptors (Lipinski definition) is 2. The molecule has 5 heteroatoms. The highest BCUT2D eigenvalue weighted by Crippen LogP contribution is 2.34. The normalized spacial score (nSPS) is 18.8. The average molecular weight is 366 g/mol. The van der Waals surface area contributed by atoms with Crippen molar-refractivity contribution in [1.29, 1.82) is 0 Å². The maximum absolute atomic E-state index is 12.9. The van der Waals surface area contributed by atoms with Crippen LogP contribution in [0.15, 0.2) is 0 Å². The van der Waals surface area contributed by atoms with Crippen molar-refractivity contribution >= 4 is 10.0 Å². The Hall–Kier alpha value is -0.130. The highest BCUT2D eigenvalue weighted by atomic mass is 32.2. The lowest BCUT2D eigenvalue weighted by atomic mass is 9.86. The van der Waals surface area contributed by atoms with Gasteiger partial charge in [0.1, 0.15) is 0 Å². The van der Waals surface area contributed by atoms with Crippen LogP contribution in [0, 0.1) is 5.41 Å². The van der Waals surface area contributed by atoms with E-state index in [9.17, 15) is 8.42 Å². The SMILES string of the molecule is CC.CC.CC[N+]1(C)CCN(S(=O)(=O)C(C)(C)CC(C)(C)C)CC1. The van der Waals surface area contributed by atoms with Gasteiger partial charge in [0.25, 0.3) is 0 Å². The van der Waals surface area contributed by atoms with Crippen molar-refractivity contribution in [3.8, 4) is 0 Å². The number of piperazine rings is 1. The molecule has 1 aliphatic rings. The first-order valence-electron chi connectivity index (χ1n) is 9.66. The molecular weight excluding hydrogens is 320 g/mol. The van der Waals surface area contributed by atoms with Crippen LogP contribution in [0.2, 0.25) is 0 Å². The Labute approximate surface area is 153 Å². The van der Waals surface area contributed by atoms with E-state index in [4.69, 9.17) is 0 Å². The fourth-order valence-corrected chi connectivity index (χ4v) is 5.16. The Bertz CT molecular complexity index is 429. The fourth-order valence-electron chi connectivity index (χ4n) is 3.20. The average Bonchev–Trinajstić information content (AvgIpc) is 2.49. The van der Waals surface area contributed by atoms with Gasteiger partial charge in [-0.3, -0.25) is 0 Å². The minimum absolute atomic E-state index is 0.0142. The third kappa shape index (κ3) is 7.40. The number of rotatable bonds is 4. The molecule has 0 N–H and O–H groups in total. The summed E-state index contributed by atoms with van der Waals surface area (Å²) in [7, 11) is -1.02. The summed E-state index contributed by atoms with van der Waals surface area (Å²) in [6, 6.07) is 0. The molecular formula is C19H45N2O2S+. The van der Waals surface area contributed by atoms with Crippen molar-refractivity contribution in [2.45, 2.75) is 80.4 Å².